The Morgan fingerprint density at radius 1 is 1.28 bits per heavy atom. The van der Waals surface area contributed by atoms with Crippen LogP contribution in [0.25, 0.3) is 0 Å². The summed E-state index contributed by atoms with van der Waals surface area (Å²) in [6, 6.07) is 0. The molecule has 0 aromatic carbocycles. The monoisotopic (exact) mass is 254 g/mol. The van der Waals surface area contributed by atoms with Crippen molar-refractivity contribution in [3.05, 3.63) is 0 Å². The lowest BCUT2D eigenvalue weighted by molar-refractivity contribution is -0.132. The van der Waals surface area contributed by atoms with E-state index in [0.29, 0.717) is 11.3 Å². The molecule has 1 fully saturated rings. The molecular formula is C15H30N2O. The Morgan fingerprint density at radius 2 is 1.89 bits per heavy atom. The zero-order valence-electron chi connectivity index (χ0n) is 12.6. The number of piperidine rings is 1. The van der Waals surface area contributed by atoms with E-state index in [0.717, 1.165) is 57.7 Å². The van der Waals surface area contributed by atoms with Gasteiger partial charge in [-0.3, -0.25) is 4.79 Å². The molecule has 106 valence electrons. The molecule has 1 amide bonds. The highest BCUT2D eigenvalue weighted by molar-refractivity contribution is 5.76. The molecule has 0 aliphatic carbocycles. The molecule has 3 nitrogen and oxygen atoms in total. The minimum Gasteiger partial charge on any atom is -0.343 e. The van der Waals surface area contributed by atoms with Gasteiger partial charge in [-0.2, -0.15) is 0 Å². The van der Waals surface area contributed by atoms with E-state index in [1.807, 2.05) is 7.05 Å². The Balaban J connectivity index is 2.20. The Morgan fingerprint density at radius 3 is 2.39 bits per heavy atom. The van der Waals surface area contributed by atoms with Crippen LogP contribution in [0.4, 0.5) is 0 Å². The molecule has 0 radical (unpaired) electrons. The van der Waals surface area contributed by atoms with Gasteiger partial charge in [-0.1, -0.05) is 20.8 Å². The lowest BCUT2D eigenvalue weighted by Crippen LogP contribution is -2.40. The molecule has 0 aromatic rings. The fourth-order valence-corrected chi connectivity index (χ4v) is 2.60. The molecule has 1 N–H and O–H groups in total. The number of nitrogens with one attached hydrogen (secondary N) is 1. The van der Waals surface area contributed by atoms with Crippen LogP contribution in [0.15, 0.2) is 0 Å². The first-order valence-corrected chi connectivity index (χ1v) is 7.35. The van der Waals surface area contributed by atoms with E-state index in [-0.39, 0.29) is 0 Å². The van der Waals surface area contributed by atoms with Crippen LogP contribution in [0.3, 0.4) is 0 Å². The predicted octanol–water partition coefficient (Wildman–Crippen LogP) is 2.66. The van der Waals surface area contributed by atoms with Gasteiger partial charge in [0.2, 0.25) is 5.91 Å². The normalized spacial score (nSPS) is 18.1. The number of carbonyl (C=O) groups excluding carboxylic acids is 1. The average molecular weight is 254 g/mol. The van der Waals surface area contributed by atoms with E-state index in [2.05, 4.69) is 31.0 Å². The number of hydrogen-bond acceptors (Lipinski definition) is 2. The minimum atomic E-state index is 0.347. The van der Waals surface area contributed by atoms with Crippen molar-refractivity contribution in [3.63, 3.8) is 0 Å². The fraction of sp³-hybridized carbons (Fsp3) is 0.933. The summed E-state index contributed by atoms with van der Waals surface area (Å²) in [5, 5.41) is 3.23. The van der Waals surface area contributed by atoms with Gasteiger partial charge in [0.25, 0.3) is 0 Å². The van der Waals surface area contributed by atoms with Gasteiger partial charge in [-0.15, -0.1) is 0 Å². The summed E-state index contributed by atoms with van der Waals surface area (Å²) in [6.07, 6.45) is 5.21. The maximum atomic E-state index is 12.1. The highest BCUT2D eigenvalue weighted by Gasteiger charge is 2.22. The highest BCUT2D eigenvalue weighted by Crippen LogP contribution is 2.23. The molecule has 0 atom stereocenters. The molecule has 0 aromatic heterocycles. The van der Waals surface area contributed by atoms with Crippen LogP contribution in [-0.4, -0.2) is 37.5 Å². The maximum absolute atomic E-state index is 12.1. The molecule has 1 saturated heterocycles. The number of nitrogens with zero attached hydrogens (tertiary/aromatic N) is 1. The van der Waals surface area contributed by atoms with Crippen molar-refractivity contribution in [1.82, 2.24) is 10.2 Å². The van der Waals surface area contributed by atoms with Crippen LogP contribution < -0.4 is 5.32 Å². The SMILES string of the molecule is CNCC1CCN(C(=O)CCCC(C)(C)C)CC1. The largest absolute Gasteiger partial charge is 0.343 e. The fourth-order valence-electron chi connectivity index (χ4n) is 2.60. The van der Waals surface area contributed by atoms with Crippen LogP contribution in [0.5, 0.6) is 0 Å². The molecule has 0 bridgehead atoms. The third kappa shape index (κ3) is 5.85. The zero-order chi connectivity index (χ0) is 13.6. The van der Waals surface area contributed by atoms with Crippen LogP contribution >= 0.6 is 0 Å². The average Bonchev–Trinajstić information content (AvgIpc) is 2.28. The molecule has 1 aliphatic rings. The van der Waals surface area contributed by atoms with Gasteiger partial charge >= 0.3 is 0 Å². The number of likely N-dealkylation sites (tertiary alicyclic amines) is 1. The van der Waals surface area contributed by atoms with Crippen LogP contribution in [-0.2, 0) is 4.79 Å². The minimum absolute atomic E-state index is 0.347. The summed E-state index contributed by atoms with van der Waals surface area (Å²) in [5.41, 5.74) is 0.347. The molecule has 0 unspecified atom stereocenters. The van der Waals surface area contributed by atoms with Gasteiger partial charge in [-0.05, 0) is 50.6 Å². The number of hydrogen-bond donors (Lipinski definition) is 1. The standard InChI is InChI=1S/C15H30N2O/c1-15(2,3)9-5-6-14(18)17-10-7-13(8-11-17)12-16-4/h13,16H,5-12H2,1-4H3. The lowest BCUT2D eigenvalue weighted by atomic mass is 9.89. The molecule has 1 rings (SSSR count). The van der Waals surface area contributed by atoms with E-state index < -0.39 is 0 Å². The Kier molecular flexibility index (Phi) is 6.13. The first kappa shape index (κ1) is 15.5. The Hall–Kier alpha value is -0.570. The van der Waals surface area contributed by atoms with E-state index in [9.17, 15) is 4.79 Å². The van der Waals surface area contributed by atoms with Crippen molar-refractivity contribution in [2.75, 3.05) is 26.7 Å². The van der Waals surface area contributed by atoms with Crippen molar-refractivity contribution in [2.45, 2.75) is 52.9 Å². The molecule has 1 aliphatic heterocycles. The number of carbonyl (C=O) groups is 1. The second kappa shape index (κ2) is 7.13. The van der Waals surface area contributed by atoms with Crippen molar-refractivity contribution in [3.8, 4) is 0 Å². The van der Waals surface area contributed by atoms with Crippen LogP contribution in [0, 0.1) is 11.3 Å². The van der Waals surface area contributed by atoms with E-state index in [1.165, 1.54) is 0 Å². The lowest BCUT2D eigenvalue weighted by Gasteiger charge is -2.32. The van der Waals surface area contributed by atoms with E-state index in [4.69, 9.17) is 0 Å². The molecule has 0 saturated carbocycles. The third-order valence-corrected chi connectivity index (χ3v) is 3.78. The van der Waals surface area contributed by atoms with Crippen LogP contribution in [0.1, 0.15) is 52.9 Å². The first-order valence-electron chi connectivity index (χ1n) is 7.35. The second-order valence-electron chi connectivity index (χ2n) is 6.80. The summed E-state index contributed by atoms with van der Waals surface area (Å²) in [4.78, 5) is 14.1. The number of amides is 1. The van der Waals surface area contributed by atoms with E-state index >= 15 is 0 Å². The molecule has 1 heterocycles. The van der Waals surface area contributed by atoms with Crippen molar-refractivity contribution in [2.24, 2.45) is 11.3 Å². The van der Waals surface area contributed by atoms with E-state index in [1.54, 1.807) is 0 Å². The topological polar surface area (TPSA) is 32.3 Å². The summed E-state index contributed by atoms with van der Waals surface area (Å²) in [7, 11) is 2.00. The smallest absolute Gasteiger partial charge is 0.222 e. The van der Waals surface area contributed by atoms with Gasteiger partial charge in [0.1, 0.15) is 0 Å². The molecular weight excluding hydrogens is 224 g/mol. The summed E-state index contributed by atoms with van der Waals surface area (Å²) < 4.78 is 0. The quantitative estimate of drug-likeness (QED) is 0.818. The highest BCUT2D eigenvalue weighted by atomic mass is 16.2. The molecule has 18 heavy (non-hydrogen) atoms. The predicted molar refractivity (Wildman–Crippen MR) is 76.5 cm³/mol. The maximum Gasteiger partial charge on any atom is 0.222 e. The Labute approximate surface area is 112 Å². The number of rotatable bonds is 5. The summed E-state index contributed by atoms with van der Waals surface area (Å²) >= 11 is 0. The Bertz CT molecular complexity index is 250. The second-order valence-corrected chi connectivity index (χ2v) is 6.80. The van der Waals surface area contributed by atoms with Gasteiger partial charge in [0.05, 0.1) is 0 Å². The summed E-state index contributed by atoms with van der Waals surface area (Å²) in [5.74, 6) is 1.12. The molecule has 0 spiro atoms. The van der Waals surface area contributed by atoms with Crippen molar-refractivity contribution < 1.29 is 4.79 Å². The van der Waals surface area contributed by atoms with Crippen molar-refractivity contribution in [1.29, 1.82) is 0 Å². The first-order chi connectivity index (χ1) is 8.42. The van der Waals surface area contributed by atoms with Gasteiger partial charge in [0, 0.05) is 19.5 Å². The molecule has 3 heteroatoms. The zero-order valence-corrected chi connectivity index (χ0v) is 12.6. The van der Waals surface area contributed by atoms with Gasteiger partial charge < -0.3 is 10.2 Å². The third-order valence-electron chi connectivity index (χ3n) is 3.78. The van der Waals surface area contributed by atoms with Crippen molar-refractivity contribution >= 4 is 5.91 Å². The summed E-state index contributed by atoms with van der Waals surface area (Å²) in [6.45, 7) is 9.72. The van der Waals surface area contributed by atoms with Crippen LogP contribution in [0.2, 0.25) is 0 Å². The van der Waals surface area contributed by atoms with Gasteiger partial charge in [0.15, 0.2) is 0 Å². The van der Waals surface area contributed by atoms with Gasteiger partial charge in [-0.25, -0.2) is 0 Å².